The van der Waals surface area contributed by atoms with Crippen LogP contribution >= 0.6 is 22.9 Å². The minimum atomic E-state index is -0.138. The first-order valence-electron chi connectivity index (χ1n) is 7.03. The molecule has 0 aliphatic heterocycles. The maximum absolute atomic E-state index is 11.8. The summed E-state index contributed by atoms with van der Waals surface area (Å²) in [5.74, 6) is 1.07. The van der Waals surface area contributed by atoms with E-state index in [1.807, 2.05) is 0 Å². The van der Waals surface area contributed by atoms with Gasteiger partial charge in [0.2, 0.25) is 11.0 Å². The molecule has 1 heterocycles. The molecule has 5 nitrogen and oxygen atoms in total. The van der Waals surface area contributed by atoms with Crippen LogP contribution in [0.1, 0.15) is 25.3 Å². The Labute approximate surface area is 138 Å². The highest BCUT2D eigenvalue weighted by Crippen LogP contribution is 2.19. The second-order valence-corrected chi connectivity index (χ2v) is 6.70. The van der Waals surface area contributed by atoms with E-state index >= 15 is 0 Å². The van der Waals surface area contributed by atoms with E-state index in [4.69, 9.17) is 16.3 Å². The van der Waals surface area contributed by atoms with Gasteiger partial charge in [-0.25, -0.2) is 0 Å². The lowest BCUT2D eigenvalue weighted by atomic mass is 10.1. The van der Waals surface area contributed by atoms with Gasteiger partial charge in [-0.05, 0) is 30.2 Å². The normalized spacial score (nSPS) is 10.7. The number of anilines is 1. The number of carbonyl (C=O) groups excluding carboxylic acids is 1. The Kier molecular flexibility index (Phi) is 6.15. The summed E-state index contributed by atoms with van der Waals surface area (Å²) in [6, 6.07) is 7.02. The van der Waals surface area contributed by atoms with Crippen molar-refractivity contribution in [3.05, 3.63) is 34.3 Å². The molecule has 0 fully saturated rings. The summed E-state index contributed by atoms with van der Waals surface area (Å²) < 4.78 is 5.48. The van der Waals surface area contributed by atoms with Crippen molar-refractivity contribution in [1.82, 2.24) is 10.2 Å². The lowest BCUT2D eigenvalue weighted by Gasteiger charge is -2.05. The Morgan fingerprint density at radius 1 is 1.32 bits per heavy atom. The van der Waals surface area contributed by atoms with Gasteiger partial charge >= 0.3 is 0 Å². The minimum absolute atomic E-state index is 0.138. The molecule has 1 N–H and O–H groups in total. The highest BCUT2D eigenvalue weighted by atomic mass is 35.5. The van der Waals surface area contributed by atoms with Crippen LogP contribution in [0.25, 0.3) is 0 Å². The average Bonchev–Trinajstić information content (AvgIpc) is 2.87. The number of halogens is 1. The Hall–Kier alpha value is -1.66. The smallest absolute Gasteiger partial charge is 0.229 e. The van der Waals surface area contributed by atoms with Crippen LogP contribution in [0, 0.1) is 5.92 Å². The summed E-state index contributed by atoms with van der Waals surface area (Å²) in [5.41, 5.74) is 0. The monoisotopic (exact) mass is 339 g/mol. The fraction of sp³-hybridized carbons (Fsp3) is 0.400. The second-order valence-electron chi connectivity index (χ2n) is 5.20. The van der Waals surface area contributed by atoms with Gasteiger partial charge in [-0.15, -0.1) is 10.2 Å². The van der Waals surface area contributed by atoms with Gasteiger partial charge in [-0.3, -0.25) is 4.79 Å². The van der Waals surface area contributed by atoms with Gasteiger partial charge in [-0.2, -0.15) is 0 Å². The van der Waals surface area contributed by atoms with Gasteiger partial charge in [0, 0.05) is 11.4 Å². The van der Waals surface area contributed by atoms with Crippen LogP contribution in [0.15, 0.2) is 24.3 Å². The number of benzene rings is 1. The predicted octanol–water partition coefficient (Wildman–Crippen LogP) is 3.80. The molecule has 1 aromatic heterocycles. The van der Waals surface area contributed by atoms with Crippen LogP contribution < -0.4 is 10.1 Å². The topological polar surface area (TPSA) is 64.1 Å². The van der Waals surface area contributed by atoms with E-state index in [9.17, 15) is 4.79 Å². The molecule has 7 heteroatoms. The minimum Gasteiger partial charge on any atom is -0.493 e. The molecule has 0 spiro atoms. The van der Waals surface area contributed by atoms with Crippen LogP contribution in [-0.4, -0.2) is 22.7 Å². The Morgan fingerprint density at radius 3 is 2.73 bits per heavy atom. The molecular weight excluding hydrogens is 322 g/mol. The molecule has 0 aliphatic rings. The van der Waals surface area contributed by atoms with Crippen LogP contribution in [0.5, 0.6) is 5.75 Å². The number of nitrogens with one attached hydrogen (secondary N) is 1. The number of hydrogen-bond acceptors (Lipinski definition) is 5. The highest BCUT2D eigenvalue weighted by molar-refractivity contribution is 7.15. The zero-order valence-corrected chi connectivity index (χ0v) is 14.1. The predicted molar refractivity (Wildman–Crippen MR) is 88.6 cm³/mol. The van der Waals surface area contributed by atoms with Crippen molar-refractivity contribution in [1.29, 1.82) is 0 Å². The highest BCUT2D eigenvalue weighted by Gasteiger charge is 2.09. The number of aromatic nitrogens is 2. The van der Waals surface area contributed by atoms with Crippen LogP contribution in [0.2, 0.25) is 5.02 Å². The van der Waals surface area contributed by atoms with Gasteiger partial charge in [0.1, 0.15) is 10.8 Å². The molecule has 1 aromatic carbocycles. The van der Waals surface area contributed by atoms with Gasteiger partial charge in [0.15, 0.2) is 0 Å². The number of ether oxygens (including phenoxy) is 1. The van der Waals surface area contributed by atoms with Crippen molar-refractivity contribution >= 4 is 34.0 Å². The molecule has 2 aromatic rings. The summed E-state index contributed by atoms with van der Waals surface area (Å²) in [5, 5.41) is 12.9. The maximum atomic E-state index is 11.8. The number of carbonyl (C=O) groups is 1. The first-order valence-corrected chi connectivity index (χ1v) is 8.23. The third kappa shape index (κ3) is 5.61. The third-order valence-electron chi connectivity index (χ3n) is 2.71. The molecule has 1 amide bonds. The van der Waals surface area contributed by atoms with Crippen molar-refractivity contribution in [2.75, 3.05) is 11.9 Å². The van der Waals surface area contributed by atoms with Crippen LogP contribution in [0.4, 0.5) is 5.13 Å². The van der Waals surface area contributed by atoms with Crippen molar-refractivity contribution in [2.45, 2.75) is 26.7 Å². The van der Waals surface area contributed by atoms with Crippen molar-refractivity contribution in [2.24, 2.45) is 5.92 Å². The molecule has 0 radical (unpaired) electrons. The molecule has 0 unspecified atom stereocenters. The van der Waals surface area contributed by atoms with E-state index in [2.05, 4.69) is 29.4 Å². The summed E-state index contributed by atoms with van der Waals surface area (Å²) in [7, 11) is 0. The first kappa shape index (κ1) is 16.7. The molecular formula is C15H18ClN3O2S. The molecule has 0 saturated carbocycles. The number of rotatable bonds is 7. The van der Waals surface area contributed by atoms with E-state index in [0.717, 1.165) is 11.4 Å². The Balaban J connectivity index is 1.73. The Bertz CT molecular complexity index is 614. The fourth-order valence-corrected chi connectivity index (χ4v) is 2.80. The number of amides is 1. The van der Waals surface area contributed by atoms with E-state index < -0.39 is 0 Å². The van der Waals surface area contributed by atoms with E-state index in [0.29, 0.717) is 28.4 Å². The Morgan fingerprint density at radius 2 is 2.05 bits per heavy atom. The van der Waals surface area contributed by atoms with Crippen molar-refractivity contribution in [3.8, 4) is 5.75 Å². The molecule has 118 valence electrons. The quantitative estimate of drug-likeness (QED) is 0.833. The number of hydrogen-bond donors (Lipinski definition) is 1. The standard InChI is InChI=1S/C15H18ClN3O2S/c1-10(2)9-14-18-19-15(22-14)17-13(20)7-8-21-12-5-3-11(16)4-6-12/h3-6,10H,7-9H2,1-2H3,(H,17,19,20). The van der Waals surface area contributed by atoms with Gasteiger partial charge in [0.25, 0.3) is 0 Å². The third-order valence-corrected chi connectivity index (χ3v) is 3.82. The summed E-state index contributed by atoms with van der Waals surface area (Å²) >= 11 is 7.20. The number of nitrogens with zero attached hydrogens (tertiary/aromatic N) is 2. The molecule has 0 aliphatic carbocycles. The lowest BCUT2D eigenvalue weighted by Crippen LogP contribution is -2.15. The van der Waals surface area contributed by atoms with E-state index in [1.54, 1.807) is 24.3 Å². The maximum Gasteiger partial charge on any atom is 0.229 e. The molecule has 0 bridgehead atoms. The zero-order valence-electron chi connectivity index (χ0n) is 12.5. The zero-order chi connectivity index (χ0) is 15.9. The summed E-state index contributed by atoms with van der Waals surface area (Å²) in [6.07, 6.45) is 1.12. The first-order chi connectivity index (χ1) is 10.5. The van der Waals surface area contributed by atoms with Crippen molar-refractivity contribution in [3.63, 3.8) is 0 Å². The van der Waals surface area contributed by atoms with E-state index in [-0.39, 0.29) is 12.3 Å². The van der Waals surface area contributed by atoms with E-state index in [1.165, 1.54) is 11.3 Å². The lowest BCUT2D eigenvalue weighted by molar-refractivity contribution is -0.116. The van der Waals surface area contributed by atoms with Crippen LogP contribution in [0.3, 0.4) is 0 Å². The summed E-state index contributed by atoms with van der Waals surface area (Å²) in [6.45, 7) is 4.53. The fourth-order valence-electron chi connectivity index (χ4n) is 1.71. The van der Waals surface area contributed by atoms with Gasteiger partial charge in [-0.1, -0.05) is 36.8 Å². The van der Waals surface area contributed by atoms with Gasteiger partial charge in [0.05, 0.1) is 13.0 Å². The second kappa shape index (κ2) is 8.10. The molecule has 0 atom stereocenters. The summed E-state index contributed by atoms with van der Waals surface area (Å²) in [4.78, 5) is 11.8. The van der Waals surface area contributed by atoms with Crippen molar-refractivity contribution < 1.29 is 9.53 Å². The van der Waals surface area contributed by atoms with Gasteiger partial charge < -0.3 is 10.1 Å². The SMILES string of the molecule is CC(C)Cc1nnc(NC(=O)CCOc2ccc(Cl)cc2)s1. The molecule has 0 saturated heterocycles. The molecule has 22 heavy (non-hydrogen) atoms. The molecule has 2 rings (SSSR count). The average molecular weight is 340 g/mol. The largest absolute Gasteiger partial charge is 0.493 e. The van der Waals surface area contributed by atoms with Crippen LogP contribution in [-0.2, 0) is 11.2 Å².